The molecule has 0 aliphatic heterocycles. The van der Waals surface area contributed by atoms with Gasteiger partial charge in [-0.05, 0) is 25.0 Å². The number of hydrogen-bond donors (Lipinski definition) is 3. The monoisotopic (exact) mass is 334 g/mol. The summed E-state index contributed by atoms with van der Waals surface area (Å²) in [6.07, 6.45) is 0.803. The van der Waals surface area contributed by atoms with E-state index in [0.717, 1.165) is 17.7 Å². The first kappa shape index (κ1) is 19.5. The predicted octanol–water partition coefficient (Wildman–Crippen LogP) is 1.70. The summed E-state index contributed by atoms with van der Waals surface area (Å²) in [6, 6.07) is 6.98. The number of hydrogen-bond acceptors (Lipinski definition) is 4. The molecule has 0 spiro atoms. The molecule has 0 bridgehead atoms. The number of anilines is 1. The van der Waals surface area contributed by atoms with Crippen LogP contribution in [0.5, 0.6) is 0 Å². The average molecular weight is 334 g/mol. The van der Waals surface area contributed by atoms with Gasteiger partial charge in [0.1, 0.15) is 0 Å². The van der Waals surface area contributed by atoms with Gasteiger partial charge >= 0.3 is 6.03 Å². The molecule has 0 heterocycles. The molecule has 0 aliphatic rings. The van der Waals surface area contributed by atoms with E-state index in [-0.39, 0.29) is 12.5 Å². The number of rotatable bonds is 8. The van der Waals surface area contributed by atoms with Crippen LogP contribution in [0, 0.1) is 0 Å². The smallest absolute Gasteiger partial charge is 0.321 e. The molecule has 0 atom stereocenters. The zero-order chi connectivity index (χ0) is 17.9. The molecule has 0 fully saturated rings. The van der Waals surface area contributed by atoms with Crippen molar-refractivity contribution in [1.82, 2.24) is 15.5 Å². The van der Waals surface area contributed by atoms with Crippen molar-refractivity contribution in [3.8, 4) is 0 Å². The molecule has 0 unspecified atom stereocenters. The first-order valence-electron chi connectivity index (χ1n) is 8.12. The molecule has 1 rings (SSSR count). The highest BCUT2D eigenvalue weighted by molar-refractivity contribution is 5.96. The maximum absolute atomic E-state index is 11.8. The van der Waals surface area contributed by atoms with Crippen LogP contribution in [0.15, 0.2) is 24.3 Å². The Bertz CT molecular complexity index is 575. The molecule has 0 radical (unpaired) electrons. The van der Waals surface area contributed by atoms with Gasteiger partial charge in [-0.1, -0.05) is 25.1 Å². The Labute approximate surface area is 142 Å². The van der Waals surface area contributed by atoms with Crippen molar-refractivity contribution in [1.29, 1.82) is 0 Å². The molecular weight excluding hydrogens is 308 g/mol. The molecule has 132 valence electrons. The molecular formula is C17H26N4O3. The highest BCUT2D eigenvalue weighted by atomic mass is 16.2. The molecule has 1 aromatic carbocycles. The number of amides is 4. The van der Waals surface area contributed by atoms with Crippen molar-refractivity contribution in [3.63, 3.8) is 0 Å². The van der Waals surface area contributed by atoms with Crippen LogP contribution in [0.25, 0.3) is 0 Å². The molecule has 4 amide bonds. The van der Waals surface area contributed by atoms with Gasteiger partial charge in [-0.25, -0.2) is 4.79 Å². The zero-order valence-corrected chi connectivity index (χ0v) is 14.5. The third-order valence-corrected chi connectivity index (χ3v) is 3.43. The number of benzene rings is 1. The van der Waals surface area contributed by atoms with Crippen LogP contribution < -0.4 is 16.0 Å². The molecule has 0 aliphatic carbocycles. The quantitative estimate of drug-likeness (QED) is 0.675. The number of imide groups is 1. The number of nitrogens with one attached hydrogen (secondary N) is 3. The number of carbonyl (C=O) groups excluding carboxylic acids is 3. The molecule has 24 heavy (non-hydrogen) atoms. The SMILES string of the molecule is CCCNC(=O)NC(=O)CNc1ccccc1CN(CC)C(C)=O. The van der Waals surface area contributed by atoms with E-state index in [0.29, 0.717) is 19.6 Å². The standard InChI is InChI=1S/C17H26N4O3/c1-4-10-18-17(24)20-16(23)11-19-15-9-7-6-8-14(15)12-21(5-2)13(3)22/h6-9,19H,4-5,10-12H2,1-3H3,(H2,18,20,23,24). The van der Waals surface area contributed by atoms with Crippen LogP contribution in [0.2, 0.25) is 0 Å². The maximum atomic E-state index is 11.8. The Morgan fingerprint density at radius 1 is 1.12 bits per heavy atom. The zero-order valence-electron chi connectivity index (χ0n) is 14.5. The molecule has 0 saturated carbocycles. The topological polar surface area (TPSA) is 90.5 Å². The number of nitrogens with zero attached hydrogens (tertiary/aromatic N) is 1. The largest absolute Gasteiger partial charge is 0.376 e. The maximum Gasteiger partial charge on any atom is 0.321 e. The van der Waals surface area contributed by atoms with Crippen molar-refractivity contribution in [2.45, 2.75) is 33.7 Å². The van der Waals surface area contributed by atoms with E-state index in [1.54, 1.807) is 4.90 Å². The van der Waals surface area contributed by atoms with Crippen LogP contribution in [0.4, 0.5) is 10.5 Å². The van der Waals surface area contributed by atoms with Gasteiger partial charge in [-0.3, -0.25) is 14.9 Å². The van der Waals surface area contributed by atoms with Crippen molar-refractivity contribution in [2.75, 3.05) is 25.0 Å². The van der Waals surface area contributed by atoms with Crippen LogP contribution in [0.1, 0.15) is 32.8 Å². The third-order valence-electron chi connectivity index (χ3n) is 3.43. The lowest BCUT2D eigenvalue weighted by atomic mass is 10.1. The summed E-state index contributed by atoms with van der Waals surface area (Å²) >= 11 is 0. The Morgan fingerprint density at radius 3 is 2.46 bits per heavy atom. The Kier molecular flexibility index (Phi) is 8.32. The Balaban J connectivity index is 2.60. The van der Waals surface area contributed by atoms with Crippen molar-refractivity contribution >= 4 is 23.5 Å². The van der Waals surface area contributed by atoms with Crippen LogP contribution in [-0.4, -0.2) is 42.4 Å². The van der Waals surface area contributed by atoms with E-state index in [4.69, 9.17) is 0 Å². The summed E-state index contributed by atoms with van der Waals surface area (Å²) in [7, 11) is 0. The van der Waals surface area contributed by atoms with E-state index in [9.17, 15) is 14.4 Å². The van der Waals surface area contributed by atoms with Crippen molar-refractivity contribution < 1.29 is 14.4 Å². The fourth-order valence-electron chi connectivity index (χ4n) is 2.11. The van der Waals surface area contributed by atoms with E-state index in [1.807, 2.05) is 38.1 Å². The first-order chi connectivity index (χ1) is 11.5. The van der Waals surface area contributed by atoms with Gasteiger partial charge < -0.3 is 15.5 Å². The average Bonchev–Trinajstić information content (AvgIpc) is 2.56. The summed E-state index contributed by atoms with van der Waals surface area (Å²) in [5, 5.41) is 7.85. The first-order valence-corrected chi connectivity index (χ1v) is 8.12. The molecule has 0 aromatic heterocycles. The van der Waals surface area contributed by atoms with Gasteiger partial charge in [0, 0.05) is 32.2 Å². The fourth-order valence-corrected chi connectivity index (χ4v) is 2.11. The van der Waals surface area contributed by atoms with Crippen LogP contribution in [-0.2, 0) is 16.1 Å². The van der Waals surface area contributed by atoms with Crippen molar-refractivity contribution in [2.24, 2.45) is 0 Å². The normalized spacial score (nSPS) is 9.96. The van der Waals surface area contributed by atoms with Gasteiger partial charge in [0.05, 0.1) is 6.54 Å². The van der Waals surface area contributed by atoms with Gasteiger partial charge in [-0.2, -0.15) is 0 Å². The van der Waals surface area contributed by atoms with E-state index in [1.165, 1.54) is 6.92 Å². The second kappa shape index (κ2) is 10.3. The second-order valence-electron chi connectivity index (χ2n) is 5.35. The fraction of sp³-hybridized carbons (Fsp3) is 0.471. The minimum absolute atomic E-state index is 0.00218. The number of carbonyl (C=O) groups is 3. The van der Waals surface area contributed by atoms with E-state index < -0.39 is 11.9 Å². The second-order valence-corrected chi connectivity index (χ2v) is 5.35. The van der Waals surface area contributed by atoms with E-state index >= 15 is 0 Å². The summed E-state index contributed by atoms with van der Waals surface area (Å²) in [4.78, 5) is 36.5. The van der Waals surface area contributed by atoms with Crippen LogP contribution >= 0.6 is 0 Å². The highest BCUT2D eigenvalue weighted by Crippen LogP contribution is 2.17. The molecule has 7 heteroatoms. The minimum Gasteiger partial charge on any atom is -0.376 e. The lowest BCUT2D eigenvalue weighted by molar-refractivity contribution is -0.129. The van der Waals surface area contributed by atoms with Crippen LogP contribution in [0.3, 0.4) is 0 Å². The van der Waals surface area contributed by atoms with Gasteiger partial charge in [0.15, 0.2) is 0 Å². The molecule has 3 N–H and O–H groups in total. The van der Waals surface area contributed by atoms with Gasteiger partial charge in [0.2, 0.25) is 11.8 Å². The lowest BCUT2D eigenvalue weighted by Crippen LogP contribution is -2.42. The summed E-state index contributed by atoms with van der Waals surface area (Å²) < 4.78 is 0. The van der Waals surface area contributed by atoms with Gasteiger partial charge in [0.25, 0.3) is 0 Å². The predicted molar refractivity (Wildman–Crippen MR) is 93.5 cm³/mol. The third kappa shape index (κ3) is 6.68. The highest BCUT2D eigenvalue weighted by Gasteiger charge is 2.11. The summed E-state index contributed by atoms with van der Waals surface area (Å²) in [6.45, 7) is 6.95. The lowest BCUT2D eigenvalue weighted by Gasteiger charge is -2.21. The molecule has 0 saturated heterocycles. The Hall–Kier alpha value is -2.57. The molecule has 7 nitrogen and oxygen atoms in total. The number of para-hydroxylation sites is 1. The molecule has 1 aromatic rings. The Morgan fingerprint density at radius 2 is 1.83 bits per heavy atom. The summed E-state index contributed by atoms with van der Waals surface area (Å²) in [5.41, 5.74) is 1.68. The minimum atomic E-state index is -0.495. The van der Waals surface area contributed by atoms with Crippen molar-refractivity contribution in [3.05, 3.63) is 29.8 Å². The summed E-state index contributed by atoms with van der Waals surface area (Å²) in [5.74, 6) is -0.421. The van der Waals surface area contributed by atoms with E-state index in [2.05, 4.69) is 16.0 Å². The van der Waals surface area contributed by atoms with Gasteiger partial charge in [-0.15, -0.1) is 0 Å². The number of urea groups is 1.